The highest BCUT2D eigenvalue weighted by Gasteiger charge is 2.24. The summed E-state index contributed by atoms with van der Waals surface area (Å²) in [6.07, 6.45) is 2.73. The summed E-state index contributed by atoms with van der Waals surface area (Å²) in [4.78, 5) is 17.9. The van der Waals surface area contributed by atoms with E-state index in [0.29, 0.717) is 0 Å². The molecule has 0 aliphatic carbocycles. The lowest BCUT2D eigenvalue weighted by Gasteiger charge is -2.32. The van der Waals surface area contributed by atoms with E-state index in [4.69, 9.17) is 4.98 Å². The summed E-state index contributed by atoms with van der Waals surface area (Å²) >= 11 is 0. The van der Waals surface area contributed by atoms with Crippen LogP contribution in [0.25, 0.3) is 0 Å². The van der Waals surface area contributed by atoms with Crippen LogP contribution in [0.1, 0.15) is 33.6 Å². The van der Waals surface area contributed by atoms with Gasteiger partial charge in [-0.2, -0.15) is 10.2 Å². The third kappa shape index (κ3) is 2.67. The van der Waals surface area contributed by atoms with Gasteiger partial charge in [-0.05, 0) is 38.3 Å². The van der Waals surface area contributed by atoms with E-state index in [-0.39, 0.29) is 0 Å². The van der Waals surface area contributed by atoms with Crippen molar-refractivity contribution < 1.29 is 0 Å². The zero-order chi connectivity index (χ0) is 17.4. The van der Waals surface area contributed by atoms with Crippen LogP contribution in [0, 0.1) is 32.1 Å². The Morgan fingerprint density at radius 3 is 2.58 bits per heavy atom. The van der Waals surface area contributed by atoms with Crippen molar-refractivity contribution >= 4 is 11.8 Å². The van der Waals surface area contributed by atoms with Crippen molar-refractivity contribution in [2.75, 3.05) is 30.4 Å². The highest BCUT2D eigenvalue weighted by molar-refractivity contribution is 5.55. The monoisotopic (exact) mass is 322 g/mol. The molecule has 0 saturated carbocycles. The predicted octanol–water partition coefficient (Wildman–Crippen LogP) is 2.30. The van der Waals surface area contributed by atoms with E-state index in [1.807, 2.05) is 39.0 Å². The van der Waals surface area contributed by atoms with Crippen LogP contribution in [-0.2, 0) is 13.0 Å². The van der Waals surface area contributed by atoms with Crippen LogP contribution in [0.5, 0.6) is 0 Å². The third-order valence-electron chi connectivity index (χ3n) is 4.62. The van der Waals surface area contributed by atoms with E-state index >= 15 is 0 Å². The number of nitrogens with zero attached hydrogens (tertiary/aromatic N) is 6. The Bertz CT molecular complexity index is 834. The van der Waals surface area contributed by atoms with E-state index in [2.05, 4.69) is 27.9 Å². The number of hydrogen-bond donors (Lipinski definition) is 0. The van der Waals surface area contributed by atoms with Crippen molar-refractivity contribution in [1.82, 2.24) is 15.0 Å². The first kappa shape index (κ1) is 16.2. The number of anilines is 2. The second-order valence-electron chi connectivity index (χ2n) is 6.46. The lowest BCUT2D eigenvalue weighted by molar-refractivity contribution is 0.707. The van der Waals surface area contributed by atoms with E-state index in [1.54, 1.807) is 0 Å². The second-order valence-corrected chi connectivity index (χ2v) is 6.46. The minimum absolute atomic E-state index is 0.721. The molecule has 0 amide bonds. The Kier molecular flexibility index (Phi) is 4.10. The first-order chi connectivity index (χ1) is 11.4. The molecule has 6 heteroatoms. The SMILES string of the molecule is Cc1nc(N(C)C)nc(N2CCc3c(cnc(C)c3C#N)C2)c1C. The standard InChI is InChI=1S/C18H22N6/c1-11-12(2)21-18(23(4)5)22-17(11)24-7-6-15-14(10-24)9-20-13(3)16(15)8-19/h9H,6-7,10H2,1-5H3. The van der Waals surface area contributed by atoms with Gasteiger partial charge < -0.3 is 9.80 Å². The molecule has 1 aliphatic heterocycles. The van der Waals surface area contributed by atoms with Gasteiger partial charge in [-0.3, -0.25) is 4.98 Å². The van der Waals surface area contributed by atoms with Gasteiger partial charge in [0, 0.05) is 44.6 Å². The summed E-state index contributed by atoms with van der Waals surface area (Å²) in [6.45, 7) is 7.54. The fourth-order valence-corrected chi connectivity index (χ4v) is 3.09. The maximum absolute atomic E-state index is 9.41. The predicted molar refractivity (Wildman–Crippen MR) is 94.3 cm³/mol. The lowest BCUT2D eigenvalue weighted by Crippen LogP contribution is -2.33. The number of fused-ring (bicyclic) bond motifs is 1. The molecule has 124 valence electrons. The van der Waals surface area contributed by atoms with Crippen LogP contribution < -0.4 is 9.80 Å². The van der Waals surface area contributed by atoms with Crippen molar-refractivity contribution in [3.63, 3.8) is 0 Å². The fraction of sp³-hybridized carbons (Fsp3) is 0.444. The van der Waals surface area contributed by atoms with E-state index in [0.717, 1.165) is 64.9 Å². The molecule has 6 nitrogen and oxygen atoms in total. The molecule has 3 rings (SSSR count). The molecular formula is C18H22N6. The highest BCUT2D eigenvalue weighted by atomic mass is 15.3. The zero-order valence-corrected chi connectivity index (χ0v) is 14.9. The van der Waals surface area contributed by atoms with Gasteiger partial charge in [0.1, 0.15) is 11.9 Å². The van der Waals surface area contributed by atoms with E-state index < -0.39 is 0 Å². The molecule has 2 aromatic heterocycles. The molecule has 24 heavy (non-hydrogen) atoms. The van der Waals surface area contributed by atoms with Crippen LogP contribution >= 0.6 is 0 Å². The topological polar surface area (TPSA) is 68.9 Å². The minimum Gasteiger partial charge on any atom is -0.351 e. The number of hydrogen-bond acceptors (Lipinski definition) is 6. The smallest absolute Gasteiger partial charge is 0.227 e. The van der Waals surface area contributed by atoms with Crippen LogP contribution in [-0.4, -0.2) is 35.6 Å². The van der Waals surface area contributed by atoms with Crippen LogP contribution in [0.2, 0.25) is 0 Å². The quantitative estimate of drug-likeness (QED) is 0.845. The average molecular weight is 322 g/mol. The van der Waals surface area contributed by atoms with E-state index in [9.17, 15) is 5.26 Å². The van der Waals surface area contributed by atoms with Crippen molar-refractivity contribution in [2.24, 2.45) is 0 Å². The molecule has 0 atom stereocenters. The largest absolute Gasteiger partial charge is 0.351 e. The minimum atomic E-state index is 0.721. The highest BCUT2D eigenvalue weighted by Crippen LogP contribution is 2.29. The lowest BCUT2D eigenvalue weighted by atomic mass is 9.95. The maximum Gasteiger partial charge on any atom is 0.227 e. The van der Waals surface area contributed by atoms with Crippen molar-refractivity contribution in [3.8, 4) is 6.07 Å². The molecular weight excluding hydrogens is 300 g/mol. The first-order valence-electron chi connectivity index (χ1n) is 8.07. The first-order valence-corrected chi connectivity index (χ1v) is 8.07. The maximum atomic E-state index is 9.41. The third-order valence-corrected chi connectivity index (χ3v) is 4.62. The number of aromatic nitrogens is 3. The van der Waals surface area contributed by atoms with Crippen LogP contribution in [0.3, 0.4) is 0 Å². The zero-order valence-electron chi connectivity index (χ0n) is 14.9. The summed E-state index contributed by atoms with van der Waals surface area (Å²) in [6, 6.07) is 2.31. The molecule has 0 bridgehead atoms. The number of pyridine rings is 1. The summed E-state index contributed by atoms with van der Waals surface area (Å²) in [5.41, 5.74) is 5.90. The molecule has 0 N–H and O–H groups in total. The fourth-order valence-electron chi connectivity index (χ4n) is 3.09. The molecule has 0 saturated heterocycles. The second kappa shape index (κ2) is 6.08. The van der Waals surface area contributed by atoms with Crippen molar-refractivity contribution in [3.05, 3.63) is 39.8 Å². The molecule has 3 heterocycles. The van der Waals surface area contributed by atoms with Gasteiger partial charge in [0.15, 0.2) is 0 Å². The normalized spacial score (nSPS) is 13.4. The van der Waals surface area contributed by atoms with Crippen LogP contribution in [0.15, 0.2) is 6.20 Å². The van der Waals surface area contributed by atoms with E-state index in [1.165, 1.54) is 0 Å². The van der Waals surface area contributed by atoms with Gasteiger partial charge >= 0.3 is 0 Å². The van der Waals surface area contributed by atoms with Gasteiger partial charge in [-0.15, -0.1) is 0 Å². The molecule has 0 aromatic carbocycles. The summed E-state index contributed by atoms with van der Waals surface area (Å²) in [5, 5.41) is 9.41. The Hall–Kier alpha value is -2.68. The van der Waals surface area contributed by atoms with Crippen molar-refractivity contribution in [2.45, 2.75) is 33.7 Å². The Balaban J connectivity index is 2.01. The molecule has 0 fully saturated rings. The Morgan fingerprint density at radius 1 is 1.17 bits per heavy atom. The Morgan fingerprint density at radius 2 is 1.92 bits per heavy atom. The Labute approximate surface area is 142 Å². The molecule has 0 spiro atoms. The summed E-state index contributed by atoms with van der Waals surface area (Å²) in [5.74, 6) is 1.69. The molecule has 1 aliphatic rings. The van der Waals surface area contributed by atoms with Gasteiger partial charge in [-0.1, -0.05) is 0 Å². The summed E-state index contributed by atoms with van der Waals surface area (Å²) in [7, 11) is 3.90. The number of nitriles is 1. The summed E-state index contributed by atoms with van der Waals surface area (Å²) < 4.78 is 0. The van der Waals surface area contributed by atoms with Crippen molar-refractivity contribution in [1.29, 1.82) is 5.26 Å². The average Bonchev–Trinajstić information content (AvgIpc) is 2.56. The number of aryl methyl sites for hydroxylation is 2. The molecule has 2 aromatic rings. The molecule has 0 unspecified atom stereocenters. The van der Waals surface area contributed by atoms with Gasteiger partial charge in [0.25, 0.3) is 0 Å². The van der Waals surface area contributed by atoms with Gasteiger partial charge in [0.05, 0.1) is 11.3 Å². The van der Waals surface area contributed by atoms with Gasteiger partial charge in [0.2, 0.25) is 5.95 Å². The van der Waals surface area contributed by atoms with Gasteiger partial charge in [-0.25, -0.2) is 4.98 Å². The molecule has 0 radical (unpaired) electrons. The van der Waals surface area contributed by atoms with Crippen LogP contribution in [0.4, 0.5) is 11.8 Å². The number of rotatable bonds is 2.